The Morgan fingerprint density at radius 2 is 2.04 bits per heavy atom. The lowest BCUT2D eigenvalue weighted by Crippen LogP contribution is -2.22. The lowest BCUT2D eigenvalue weighted by molar-refractivity contribution is -0.131. The largest absolute Gasteiger partial charge is 0.478 e. The van der Waals surface area contributed by atoms with Gasteiger partial charge in [-0.3, -0.25) is 9.59 Å². The maximum atomic E-state index is 12.2. The smallest absolute Gasteiger partial charge is 0.328 e. The van der Waals surface area contributed by atoms with E-state index in [0.29, 0.717) is 10.8 Å². The first kappa shape index (κ1) is 19.7. The van der Waals surface area contributed by atoms with E-state index in [4.69, 9.17) is 5.11 Å². The zero-order valence-corrected chi connectivity index (χ0v) is 15.7. The van der Waals surface area contributed by atoms with Crippen LogP contribution in [-0.4, -0.2) is 33.1 Å². The Kier molecular flexibility index (Phi) is 6.93. The van der Waals surface area contributed by atoms with Gasteiger partial charge in [0.05, 0.1) is 10.9 Å². The number of benzene rings is 1. The normalized spacial score (nSPS) is 11.9. The molecule has 1 unspecified atom stereocenters. The highest BCUT2D eigenvalue weighted by Crippen LogP contribution is 2.27. The summed E-state index contributed by atoms with van der Waals surface area (Å²) in [7, 11) is 0. The predicted octanol–water partition coefficient (Wildman–Crippen LogP) is 3.15. The number of hydrogen-bond donors (Lipinski definition) is 3. The number of rotatable bonds is 7. The van der Waals surface area contributed by atoms with Gasteiger partial charge in [-0.25, -0.2) is 9.78 Å². The maximum Gasteiger partial charge on any atom is 0.328 e. The zero-order chi connectivity index (χ0) is 19.1. The average Bonchev–Trinajstić information content (AvgIpc) is 2.98. The van der Waals surface area contributed by atoms with Gasteiger partial charge in [0.1, 0.15) is 0 Å². The van der Waals surface area contributed by atoms with Crippen molar-refractivity contribution in [1.29, 1.82) is 0 Å². The number of nitrogens with one attached hydrogen (secondary N) is 2. The second kappa shape index (κ2) is 9.16. The van der Waals surface area contributed by atoms with Gasteiger partial charge in [0.25, 0.3) is 0 Å². The number of aromatic nitrogens is 1. The van der Waals surface area contributed by atoms with Gasteiger partial charge >= 0.3 is 5.97 Å². The Balaban J connectivity index is 1.95. The molecule has 0 saturated carbocycles. The Morgan fingerprint density at radius 3 is 2.69 bits per heavy atom. The van der Waals surface area contributed by atoms with Crippen molar-refractivity contribution < 1.29 is 19.5 Å². The second-order valence-electron chi connectivity index (χ2n) is 5.23. The van der Waals surface area contributed by atoms with Crippen LogP contribution in [0.15, 0.2) is 46.7 Å². The molecule has 0 fully saturated rings. The Bertz CT molecular complexity index is 848. The van der Waals surface area contributed by atoms with Gasteiger partial charge in [0, 0.05) is 28.1 Å². The molecule has 0 aliphatic rings. The van der Waals surface area contributed by atoms with Crippen molar-refractivity contribution in [2.45, 2.75) is 24.0 Å². The van der Waals surface area contributed by atoms with E-state index in [1.807, 2.05) is 18.4 Å². The van der Waals surface area contributed by atoms with Gasteiger partial charge < -0.3 is 15.7 Å². The number of thiazole rings is 1. The van der Waals surface area contributed by atoms with Gasteiger partial charge in [0.15, 0.2) is 5.13 Å². The third kappa shape index (κ3) is 6.34. The van der Waals surface area contributed by atoms with Crippen LogP contribution >= 0.6 is 23.1 Å². The molecule has 0 aliphatic carbocycles. The molecule has 1 aromatic carbocycles. The van der Waals surface area contributed by atoms with Crippen LogP contribution in [0.25, 0.3) is 0 Å². The first-order valence-electron chi connectivity index (χ1n) is 7.55. The monoisotopic (exact) mass is 391 g/mol. The quantitative estimate of drug-likeness (QED) is 0.494. The highest BCUT2D eigenvalue weighted by Gasteiger charge is 2.16. The van der Waals surface area contributed by atoms with Crippen LogP contribution in [0.5, 0.6) is 0 Å². The third-order valence-corrected chi connectivity index (χ3v) is 4.98. The average molecular weight is 391 g/mol. The molecule has 1 heterocycles. The van der Waals surface area contributed by atoms with E-state index in [1.54, 1.807) is 25.1 Å². The van der Waals surface area contributed by atoms with E-state index in [9.17, 15) is 14.4 Å². The number of amides is 2. The number of thioether (sulfide) groups is 1. The molecule has 0 saturated heterocycles. The summed E-state index contributed by atoms with van der Waals surface area (Å²) in [6, 6.07) is 6.96. The molecule has 3 N–H and O–H groups in total. The summed E-state index contributed by atoms with van der Waals surface area (Å²) in [6.07, 6.45) is 1.70. The molecule has 9 heteroatoms. The minimum atomic E-state index is -1.19. The highest BCUT2D eigenvalue weighted by atomic mass is 32.2. The van der Waals surface area contributed by atoms with Gasteiger partial charge in [-0.15, -0.1) is 23.1 Å². The van der Waals surface area contributed by atoms with Crippen molar-refractivity contribution >= 4 is 51.7 Å². The summed E-state index contributed by atoms with van der Waals surface area (Å²) in [6.45, 7) is 3.64. The lowest BCUT2D eigenvalue weighted by Gasteiger charge is -2.11. The third-order valence-electron chi connectivity index (χ3n) is 3.01. The fraction of sp³-hybridized carbons (Fsp3) is 0.176. The zero-order valence-electron chi connectivity index (χ0n) is 14.1. The fourth-order valence-corrected chi connectivity index (χ4v) is 3.47. The molecule has 2 rings (SSSR count). The molecule has 0 radical (unpaired) electrons. The highest BCUT2D eigenvalue weighted by molar-refractivity contribution is 8.00. The molecule has 136 valence electrons. The first-order valence-corrected chi connectivity index (χ1v) is 9.31. The molecule has 7 nitrogen and oxygen atoms in total. The molecule has 26 heavy (non-hydrogen) atoms. The van der Waals surface area contributed by atoms with Crippen LogP contribution in [0.1, 0.15) is 12.6 Å². The van der Waals surface area contributed by atoms with Crippen molar-refractivity contribution in [2.75, 3.05) is 10.6 Å². The predicted molar refractivity (Wildman–Crippen MR) is 103 cm³/mol. The Hall–Kier alpha value is -2.65. The molecule has 1 atom stereocenters. The van der Waals surface area contributed by atoms with Crippen molar-refractivity contribution in [3.63, 3.8) is 0 Å². The molecule has 1 aromatic heterocycles. The number of aliphatic carboxylic acids is 1. The Labute approximate surface area is 158 Å². The fourth-order valence-electron chi connectivity index (χ4n) is 1.85. The number of carboxylic acid groups (broad SMARTS) is 1. The number of anilines is 2. The van der Waals surface area contributed by atoms with E-state index >= 15 is 0 Å². The van der Waals surface area contributed by atoms with Crippen molar-refractivity contribution in [3.05, 3.63) is 47.5 Å². The van der Waals surface area contributed by atoms with E-state index in [-0.39, 0.29) is 11.2 Å². The molecule has 2 aromatic rings. The van der Waals surface area contributed by atoms with Gasteiger partial charge in [0.2, 0.25) is 11.8 Å². The summed E-state index contributed by atoms with van der Waals surface area (Å²) in [5.74, 6) is -1.90. The number of aryl methyl sites for hydroxylation is 1. The molecule has 2 amide bonds. The van der Waals surface area contributed by atoms with E-state index in [1.165, 1.54) is 23.1 Å². The number of carboxylic acids is 1. The molecule has 0 aliphatic heterocycles. The van der Waals surface area contributed by atoms with Crippen molar-refractivity contribution in [1.82, 2.24) is 4.98 Å². The standard InChI is InChI=1S/C17H17N3O4S2/c1-10-9-25-17(18-10)20-16(24)11(2)26-13-5-3-4-12(8-13)19-14(21)6-7-15(22)23/h3-9,11H,1-2H3,(H,19,21)(H,22,23)(H,18,20,24)/b7-6+. The molecular weight excluding hydrogens is 374 g/mol. The number of nitrogens with zero attached hydrogens (tertiary/aromatic N) is 1. The Morgan fingerprint density at radius 1 is 1.27 bits per heavy atom. The first-order chi connectivity index (χ1) is 12.3. The molecular formula is C17H17N3O4S2. The van der Waals surface area contributed by atoms with Crippen LogP contribution in [0.2, 0.25) is 0 Å². The van der Waals surface area contributed by atoms with E-state index < -0.39 is 11.9 Å². The minimum Gasteiger partial charge on any atom is -0.478 e. The van der Waals surface area contributed by atoms with Crippen LogP contribution in [-0.2, 0) is 14.4 Å². The van der Waals surface area contributed by atoms with Gasteiger partial charge in [-0.05, 0) is 32.0 Å². The van der Waals surface area contributed by atoms with Gasteiger partial charge in [-0.1, -0.05) is 6.07 Å². The summed E-state index contributed by atoms with van der Waals surface area (Å²) in [4.78, 5) is 39.3. The van der Waals surface area contributed by atoms with Crippen molar-refractivity contribution in [2.24, 2.45) is 0 Å². The summed E-state index contributed by atoms with van der Waals surface area (Å²) >= 11 is 2.71. The van der Waals surface area contributed by atoms with Crippen LogP contribution in [0.3, 0.4) is 0 Å². The van der Waals surface area contributed by atoms with Crippen molar-refractivity contribution in [3.8, 4) is 0 Å². The van der Waals surface area contributed by atoms with Crippen LogP contribution < -0.4 is 10.6 Å². The second-order valence-corrected chi connectivity index (χ2v) is 7.50. The maximum absolute atomic E-state index is 12.2. The topological polar surface area (TPSA) is 108 Å². The summed E-state index contributed by atoms with van der Waals surface area (Å²) in [5, 5.41) is 15.9. The van der Waals surface area contributed by atoms with Crippen LogP contribution in [0, 0.1) is 6.92 Å². The summed E-state index contributed by atoms with van der Waals surface area (Å²) < 4.78 is 0. The van der Waals surface area contributed by atoms with Gasteiger partial charge in [-0.2, -0.15) is 0 Å². The van der Waals surface area contributed by atoms with E-state index in [2.05, 4.69) is 15.6 Å². The SMILES string of the molecule is Cc1csc(NC(=O)C(C)Sc2cccc(NC(=O)/C=C/C(=O)O)c2)n1. The lowest BCUT2D eigenvalue weighted by atomic mass is 10.3. The van der Waals surface area contributed by atoms with E-state index in [0.717, 1.165) is 22.7 Å². The summed E-state index contributed by atoms with van der Waals surface area (Å²) in [5.41, 5.74) is 1.36. The minimum absolute atomic E-state index is 0.164. The number of hydrogen-bond acceptors (Lipinski definition) is 6. The molecule has 0 spiro atoms. The molecule has 0 bridgehead atoms. The number of carbonyl (C=O) groups is 3. The number of carbonyl (C=O) groups excluding carboxylic acids is 2. The van der Waals surface area contributed by atoms with Crippen LogP contribution in [0.4, 0.5) is 10.8 Å².